The van der Waals surface area contributed by atoms with Crippen LogP contribution >= 0.6 is 0 Å². The third kappa shape index (κ3) is 8.82. The number of carbonyl (C=O) groups excluding carboxylic acids is 3. The van der Waals surface area contributed by atoms with Crippen molar-refractivity contribution in [2.75, 3.05) is 19.6 Å². The summed E-state index contributed by atoms with van der Waals surface area (Å²) in [5.41, 5.74) is 8.55. The van der Waals surface area contributed by atoms with Gasteiger partial charge < -0.3 is 35.1 Å². The second kappa shape index (κ2) is 17.6. The van der Waals surface area contributed by atoms with Gasteiger partial charge in [-0.25, -0.2) is 19.9 Å². The lowest BCUT2D eigenvalue weighted by Crippen LogP contribution is -2.41. The van der Waals surface area contributed by atoms with Crippen molar-refractivity contribution in [3.63, 3.8) is 0 Å². The fraction of sp³-hybridized carbons (Fsp3) is 0.410. The minimum atomic E-state index is -0.192. The lowest BCUT2D eigenvalue weighted by molar-refractivity contribution is -0.134. The molecule has 6 rings (SSSR count). The molecule has 0 atom stereocenters. The zero-order chi connectivity index (χ0) is 38.1. The maximum Gasteiger partial charge on any atom is 0.242 e. The van der Waals surface area contributed by atoms with Crippen LogP contribution in [0.1, 0.15) is 79.4 Å². The van der Waals surface area contributed by atoms with E-state index >= 15 is 0 Å². The van der Waals surface area contributed by atoms with Gasteiger partial charge in [-0.15, -0.1) is 0 Å². The van der Waals surface area contributed by atoms with Crippen LogP contribution in [0.4, 0.5) is 0 Å². The number of carbonyl (C=O) groups is 3. The Morgan fingerprint density at radius 1 is 0.698 bits per heavy atom. The predicted molar refractivity (Wildman–Crippen MR) is 207 cm³/mol. The van der Waals surface area contributed by atoms with E-state index in [1.165, 1.54) is 6.42 Å². The summed E-state index contributed by atoms with van der Waals surface area (Å²) in [4.78, 5) is 72.4. The number of hydrogen-bond donors (Lipinski definition) is 5. The molecule has 0 aliphatic carbocycles. The van der Waals surface area contributed by atoms with Crippen LogP contribution in [0.2, 0.25) is 0 Å². The van der Waals surface area contributed by atoms with Crippen LogP contribution in [-0.4, -0.2) is 87.0 Å². The Bertz CT molecular complexity index is 2160. The van der Waals surface area contributed by atoms with Gasteiger partial charge in [-0.1, -0.05) is 60.1 Å². The van der Waals surface area contributed by atoms with E-state index < -0.39 is 0 Å². The summed E-state index contributed by atoms with van der Waals surface area (Å²) >= 11 is 0. The van der Waals surface area contributed by atoms with Gasteiger partial charge in [-0.3, -0.25) is 14.4 Å². The molecule has 5 N–H and O–H groups in total. The summed E-state index contributed by atoms with van der Waals surface area (Å²) in [7, 11) is 0. The van der Waals surface area contributed by atoms with Crippen molar-refractivity contribution in [2.24, 2.45) is 5.92 Å². The molecule has 14 nitrogen and oxygen atoms in total. The number of nitrogens with one attached hydrogen (secondary N) is 5. The summed E-state index contributed by atoms with van der Waals surface area (Å²) in [5.74, 6) is 0.868. The van der Waals surface area contributed by atoms with Crippen molar-refractivity contribution in [3.05, 3.63) is 61.0 Å². The molecule has 0 bridgehead atoms. The van der Waals surface area contributed by atoms with Gasteiger partial charge in [0.25, 0.3) is 0 Å². The second-order valence-electron chi connectivity index (χ2n) is 13.4. The molecule has 0 radical (unpaired) electrons. The van der Waals surface area contributed by atoms with Crippen molar-refractivity contribution >= 4 is 39.8 Å². The van der Waals surface area contributed by atoms with Gasteiger partial charge in [0.1, 0.15) is 11.6 Å². The van der Waals surface area contributed by atoms with Crippen LogP contribution in [0.25, 0.3) is 55.7 Å². The van der Waals surface area contributed by atoms with Crippen molar-refractivity contribution < 1.29 is 14.4 Å². The highest BCUT2D eigenvalue weighted by atomic mass is 16.2. The highest BCUT2D eigenvalue weighted by Gasteiger charge is 2.21. The molecule has 3 amide bonds. The minimum Gasteiger partial charge on any atom is -0.347 e. The molecule has 4 heterocycles. The average Bonchev–Trinajstić information content (AvgIpc) is 3.97. The van der Waals surface area contributed by atoms with Gasteiger partial charge in [0.05, 0.1) is 78.1 Å². The van der Waals surface area contributed by atoms with Gasteiger partial charge >= 0.3 is 0 Å². The van der Waals surface area contributed by atoms with E-state index in [0.717, 1.165) is 68.6 Å². The van der Waals surface area contributed by atoms with Gasteiger partial charge in [0.2, 0.25) is 17.7 Å². The van der Waals surface area contributed by atoms with Crippen LogP contribution in [0.15, 0.2) is 49.3 Å². The molecule has 2 aromatic carbocycles. The largest absolute Gasteiger partial charge is 0.347 e. The number of fused-ring (bicyclic) bond motifs is 2. The molecule has 4 aromatic heterocycles. The standard InChI is InChI=1S/C36H43N11O3.C3H8/c1-6-12-46(22(5)48)17-29-37-14-27(44-29)25-10-8-23(32-34(25)42-19-40-32)24-9-11-26(35-33(24)41-20-43-35)28-15-38-30(45-28)18-47(13-7-2)31(49)16-39-36(50)21(3)4;1-3-2/h8-11,14-15,19-21H,6-7,12-13,16-18H2,1-5H3,(H,37,44)(H,38,45)(H,39,50)(H,40,42)(H,41,43);3H2,1-2H3. The lowest BCUT2D eigenvalue weighted by atomic mass is 9.97. The number of benzene rings is 2. The predicted octanol–water partition coefficient (Wildman–Crippen LogP) is 6.57. The number of rotatable bonds is 14. The molecule has 0 saturated carbocycles. The van der Waals surface area contributed by atoms with Crippen molar-refractivity contribution in [2.45, 2.75) is 80.8 Å². The van der Waals surface area contributed by atoms with Crippen LogP contribution in [0.5, 0.6) is 0 Å². The summed E-state index contributed by atoms with van der Waals surface area (Å²) < 4.78 is 0. The van der Waals surface area contributed by atoms with Crippen molar-refractivity contribution in [3.8, 4) is 33.6 Å². The van der Waals surface area contributed by atoms with E-state index in [0.29, 0.717) is 37.8 Å². The fourth-order valence-electron chi connectivity index (χ4n) is 6.13. The molecule has 53 heavy (non-hydrogen) atoms. The van der Waals surface area contributed by atoms with Gasteiger partial charge in [-0.05, 0) is 25.0 Å². The monoisotopic (exact) mass is 721 g/mol. The topological polar surface area (TPSA) is 184 Å². The molecule has 0 aliphatic heterocycles. The highest BCUT2D eigenvalue weighted by molar-refractivity contribution is 6.07. The highest BCUT2D eigenvalue weighted by Crippen LogP contribution is 2.38. The fourth-order valence-corrected chi connectivity index (χ4v) is 6.13. The maximum atomic E-state index is 12.9. The molecule has 6 aromatic rings. The van der Waals surface area contributed by atoms with Gasteiger partial charge in [-0.2, -0.15) is 0 Å². The SMILES string of the molecule is CCC.CCCN(Cc1ncc(-c2ccc(-c3ccc(-c4cnc(CN(CCC)C(=O)CNC(=O)C(C)C)[nH]4)c4nc[nH]c34)c3[nH]cnc23)[nH]1)C(C)=O. The Kier molecular flexibility index (Phi) is 12.8. The Morgan fingerprint density at radius 3 is 1.60 bits per heavy atom. The maximum absolute atomic E-state index is 12.9. The first-order valence-corrected chi connectivity index (χ1v) is 18.4. The van der Waals surface area contributed by atoms with Crippen molar-refractivity contribution in [1.29, 1.82) is 0 Å². The molecule has 0 aliphatic rings. The van der Waals surface area contributed by atoms with E-state index in [2.05, 4.69) is 65.1 Å². The number of H-pyrrole nitrogens is 4. The van der Waals surface area contributed by atoms with E-state index in [1.54, 1.807) is 55.6 Å². The number of aromatic amines is 4. The minimum absolute atomic E-state index is 0.0170. The van der Waals surface area contributed by atoms with E-state index in [1.807, 2.05) is 32.0 Å². The van der Waals surface area contributed by atoms with Gasteiger partial charge in [0, 0.05) is 48.2 Å². The zero-order valence-corrected chi connectivity index (χ0v) is 31.8. The summed E-state index contributed by atoms with van der Waals surface area (Å²) in [6.07, 6.45) is 9.80. The molecule has 280 valence electrons. The Hall–Kier alpha value is -5.79. The Labute approximate surface area is 309 Å². The molecule has 14 heteroatoms. The third-order valence-corrected chi connectivity index (χ3v) is 8.69. The molecule has 0 fully saturated rings. The third-order valence-electron chi connectivity index (χ3n) is 8.69. The summed E-state index contributed by atoms with van der Waals surface area (Å²) in [6.45, 7) is 15.3. The average molecular weight is 722 g/mol. The van der Waals surface area contributed by atoms with Crippen LogP contribution in [0.3, 0.4) is 0 Å². The normalized spacial score (nSPS) is 11.2. The molecular formula is C39H51N11O3. The number of hydrogen-bond acceptors (Lipinski definition) is 7. The van der Waals surface area contributed by atoms with E-state index in [9.17, 15) is 14.4 Å². The van der Waals surface area contributed by atoms with E-state index in [4.69, 9.17) is 0 Å². The van der Waals surface area contributed by atoms with Crippen LogP contribution in [-0.2, 0) is 27.5 Å². The first kappa shape index (κ1) is 38.4. The van der Waals surface area contributed by atoms with Crippen LogP contribution in [0, 0.1) is 5.92 Å². The molecular weight excluding hydrogens is 671 g/mol. The van der Waals surface area contributed by atoms with Gasteiger partial charge in [0.15, 0.2) is 0 Å². The van der Waals surface area contributed by atoms with Crippen LogP contribution < -0.4 is 5.32 Å². The zero-order valence-electron chi connectivity index (χ0n) is 31.8. The Morgan fingerprint density at radius 2 is 1.15 bits per heavy atom. The molecule has 0 unspecified atom stereocenters. The number of amides is 3. The number of nitrogens with zero attached hydrogens (tertiary/aromatic N) is 6. The first-order valence-electron chi connectivity index (χ1n) is 18.4. The smallest absolute Gasteiger partial charge is 0.242 e. The van der Waals surface area contributed by atoms with Crippen molar-refractivity contribution in [1.82, 2.24) is 55.0 Å². The number of aromatic nitrogens is 8. The first-order chi connectivity index (χ1) is 25.6. The lowest BCUT2D eigenvalue weighted by Gasteiger charge is -2.21. The summed E-state index contributed by atoms with van der Waals surface area (Å²) in [5, 5.41) is 2.71. The summed E-state index contributed by atoms with van der Waals surface area (Å²) in [6, 6.07) is 8.15. The quantitative estimate of drug-likeness (QED) is 0.0842. The number of imidazole rings is 4. The second-order valence-corrected chi connectivity index (χ2v) is 13.4. The van der Waals surface area contributed by atoms with E-state index in [-0.39, 0.29) is 30.2 Å². The molecule has 0 spiro atoms. The Balaban J connectivity index is 0.00000175. The molecule has 0 saturated heterocycles.